The molecule has 3 rings (SSSR count). The number of nitrogens with two attached hydrogens (primary N) is 1. The van der Waals surface area contributed by atoms with Crippen molar-refractivity contribution in [3.05, 3.63) is 46.0 Å². The van der Waals surface area contributed by atoms with Gasteiger partial charge < -0.3 is 20.9 Å². The number of ether oxygens (including phenoxy) is 1. The number of aromatic nitrogens is 3. The van der Waals surface area contributed by atoms with E-state index in [2.05, 4.69) is 46.0 Å². The maximum Gasteiger partial charge on any atom is 0.224 e. The highest BCUT2D eigenvalue weighted by atomic mass is 35.5. The molecule has 0 unspecified atom stereocenters. The van der Waals surface area contributed by atoms with Crippen LogP contribution >= 0.6 is 11.6 Å². The van der Waals surface area contributed by atoms with Gasteiger partial charge in [-0.05, 0) is 36.3 Å². The van der Waals surface area contributed by atoms with Crippen LogP contribution in [0.15, 0.2) is 18.6 Å². The first kappa shape index (κ1) is 21.5. The molecule has 8 heteroatoms. The van der Waals surface area contributed by atoms with Gasteiger partial charge in [0.1, 0.15) is 5.69 Å². The molecule has 0 aromatic carbocycles. The molecule has 0 bridgehead atoms. The lowest BCUT2D eigenvalue weighted by molar-refractivity contribution is -0.0136. The maximum atomic E-state index is 10.0. The lowest BCUT2D eigenvalue weighted by atomic mass is 9.91. The monoisotopic (exact) mass is 415 g/mol. The smallest absolute Gasteiger partial charge is 0.224 e. The van der Waals surface area contributed by atoms with Gasteiger partial charge in [-0.15, -0.1) is 0 Å². The second-order valence-electron chi connectivity index (χ2n) is 7.46. The topological polar surface area (TPSA) is 106 Å². The van der Waals surface area contributed by atoms with Gasteiger partial charge in [-0.3, -0.25) is 4.98 Å². The summed E-state index contributed by atoms with van der Waals surface area (Å²) in [5.41, 5.74) is 9.38. The van der Waals surface area contributed by atoms with E-state index in [0.29, 0.717) is 36.3 Å². The molecule has 0 radical (unpaired) electrons. The van der Waals surface area contributed by atoms with Crippen molar-refractivity contribution in [2.45, 2.75) is 51.3 Å². The summed E-state index contributed by atoms with van der Waals surface area (Å²) in [5.74, 6) is 6.80. The molecule has 0 amide bonds. The standard InChI is InChI=1S/C21H26ClN5O2/c1-12(2)20-14(8-24-9-15(20)13(3)23)4-5-17-16(22)10-25-21(26-17)27-18-6-7-29-11-19(18)28/h8-10,12-13,18-19,28H,6-7,11,23H2,1-3H3,(H,25,26,27)/t13-,18-,19-/m1/s1. The number of hydrogen-bond acceptors (Lipinski definition) is 7. The SMILES string of the molecule is CC(C)c1c(C#Cc2nc(N[C@@H]3CCOC[C@H]3O)ncc2Cl)cncc1[C@@H](C)N. The second kappa shape index (κ2) is 9.51. The van der Waals surface area contributed by atoms with E-state index >= 15 is 0 Å². The lowest BCUT2D eigenvalue weighted by Crippen LogP contribution is -2.42. The van der Waals surface area contributed by atoms with Crippen molar-refractivity contribution in [3.8, 4) is 11.8 Å². The zero-order valence-electron chi connectivity index (χ0n) is 16.8. The number of halogens is 1. The molecule has 1 aliphatic heterocycles. The van der Waals surface area contributed by atoms with Crippen molar-refractivity contribution < 1.29 is 9.84 Å². The predicted octanol–water partition coefficient (Wildman–Crippen LogP) is 2.63. The van der Waals surface area contributed by atoms with E-state index in [-0.39, 0.29) is 18.0 Å². The van der Waals surface area contributed by atoms with Gasteiger partial charge in [0.15, 0.2) is 0 Å². The van der Waals surface area contributed by atoms with Crippen LogP contribution in [0.25, 0.3) is 0 Å². The number of hydrogen-bond donors (Lipinski definition) is 3. The summed E-state index contributed by atoms with van der Waals surface area (Å²) in [4.78, 5) is 12.9. The van der Waals surface area contributed by atoms with E-state index in [1.54, 1.807) is 12.4 Å². The van der Waals surface area contributed by atoms with Crippen LogP contribution in [0.5, 0.6) is 0 Å². The fourth-order valence-electron chi connectivity index (χ4n) is 3.30. The highest BCUT2D eigenvalue weighted by Gasteiger charge is 2.24. The van der Waals surface area contributed by atoms with Crippen LogP contribution in [-0.4, -0.2) is 45.4 Å². The molecule has 1 aliphatic rings. The Bertz CT molecular complexity index is 923. The zero-order valence-corrected chi connectivity index (χ0v) is 17.6. The van der Waals surface area contributed by atoms with Crippen LogP contribution < -0.4 is 11.1 Å². The maximum absolute atomic E-state index is 10.0. The Morgan fingerprint density at radius 2 is 2.07 bits per heavy atom. The Kier molecular flexibility index (Phi) is 7.04. The fourth-order valence-corrected chi connectivity index (χ4v) is 3.44. The highest BCUT2D eigenvalue weighted by molar-refractivity contribution is 6.31. The summed E-state index contributed by atoms with van der Waals surface area (Å²) >= 11 is 6.26. The van der Waals surface area contributed by atoms with E-state index in [1.165, 1.54) is 6.20 Å². The first-order chi connectivity index (χ1) is 13.9. The molecule has 0 saturated carbocycles. The van der Waals surface area contributed by atoms with E-state index in [4.69, 9.17) is 22.1 Å². The van der Waals surface area contributed by atoms with Crippen molar-refractivity contribution in [2.75, 3.05) is 18.5 Å². The Hall–Kier alpha value is -2.24. The molecule has 2 aromatic heterocycles. The first-order valence-corrected chi connectivity index (χ1v) is 10.0. The Labute approximate surface area is 176 Å². The van der Waals surface area contributed by atoms with Crippen molar-refractivity contribution in [3.63, 3.8) is 0 Å². The van der Waals surface area contributed by atoms with Crippen molar-refractivity contribution >= 4 is 17.5 Å². The van der Waals surface area contributed by atoms with Crippen LogP contribution in [-0.2, 0) is 4.74 Å². The van der Waals surface area contributed by atoms with Gasteiger partial charge in [-0.1, -0.05) is 31.4 Å². The van der Waals surface area contributed by atoms with E-state index in [1.807, 2.05) is 6.92 Å². The van der Waals surface area contributed by atoms with Gasteiger partial charge in [0.05, 0.1) is 30.0 Å². The van der Waals surface area contributed by atoms with Gasteiger partial charge in [-0.2, -0.15) is 0 Å². The van der Waals surface area contributed by atoms with Crippen LogP contribution in [0.2, 0.25) is 5.02 Å². The Balaban J connectivity index is 1.90. The van der Waals surface area contributed by atoms with Crippen molar-refractivity contribution in [1.29, 1.82) is 0 Å². The molecule has 3 heterocycles. The summed E-state index contributed by atoms with van der Waals surface area (Å²) < 4.78 is 5.25. The van der Waals surface area contributed by atoms with E-state index in [9.17, 15) is 5.11 Å². The number of aliphatic hydroxyl groups excluding tert-OH is 1. The molecule has 0 spiro atoms. The number of rotatable bonds is 4. The van der Waals surface area contributed by atoms with Gasteiger partial charge in [0.25, 0.3) is 0 Å². The molecule has 1 fully saturated rings. The van der Waals surface area contributed by atoms with Gasteiger partial charge in [0.2, 0.25) is 5.95 Å². The molecule has 2 aromatic rings. The third-order valence-corrected chi connectivity index (χ3v) is 5.06. The predicted molar refractivity (Wildman–Crippen MR) is 113 cm³/mol. The highest BCUT2D eigenvalue weighted by Crippen LogP contribution is 2.26. The Morgan fingerprint density at radius 3 is 2.76 bits per heavy atom. The number of pyridine rings is 1. The van der Waals surface area contributed by atoms with Crippen LogP contribution in [0.3, 0.4) is 0 Å². The molecule has 7 nitrogen and oxygen atoms in total. The summed E-state index contributed by atoms with van der Waals surface area (Å²) in [6, 6.07) is -0.309. The third kappa shape index (κ3) is 5.22. The molecular formula is C21H26ClN5O2. The van der Waals surface area contributed by atoms with E-state index < -0.39 is 6.10 Å². The number of aliphatic hydroxyl groups is 1. The largest absolute Gasteiger partial charge is 0.389 e. The fraction of sp³-hybridized carbons (Fsp3) is 0.476. The summed E-state index contributed by atoms with van der Waals surface area (Å²) in [5, 5.41) is 13.5. The molecule has 29 heavy (non-hydrogen) atoms. The zero-order chi connectivity index (χ0) is 21.0. The average molecular weight is 416 g/mol. The number of nitrogens with zero attached hydrogens (tertiary/aromatic N) is 3. The van der Waals surface area contributed by atoms with Crippen molar-refractivity contribution in [2.24, 2.45) is 5.73 Å². The average Bonchev–Trinajstić information content (AvgIpc) is 2.69. The number of nitrogens with one attached hydrogen (secondary N) is 1. The first-order valence-electron chi connectivity index (χ1n) is 9.67. The normalized spacial score (nSPS) is 20.1. The molecule has 3 atom stereocenters. The molecule has 0 aliphatic carbocycles. The van der Waals surface area contributed by atoms with Gasteiger partial charge in [0, 0.05) is 30.6 Å². The second-order valence-corrected chi connectivity index (χ2v) is 7.86. The summed E-state index contributed by atoms with van der Waals surface area (Å²) in [6.45, 7) is 7.01. The number of anilines is 1. The van der Waals surface area contributed by atoms with Gasteiger partial charge in [-0.25, -0.2) is 9.97 Å². The minimum absolute atomic E-state index is 0.133. The lowest BCUT2D eigenvalue weighted by Gasteiger charge is -2.28. The van der Waals surface area contributed by atoms with Gasteiger partial charge >= 0.3 is 0 Å². The molecular weight excluding hydrogens is 390 g/mol. The van der Waals surface area contributed by atoms with E-state index in [0.717, 1.165) is 16.7 Å². The van der Waals surface area contributed by atoms with Crippen LogP contribution in [0.1, 0.15) is 61.5 Å². The quantitative estimate of drug-likeness (QED) is 0.659. The molecule has 154 valence electrons. The van der Waals surface area contributed by atoms with Crippen LogP contribution in [0.4, 0.5) is 5.95 Å². The third-order valence-electron chi connectivity index (χ3n) is 4.79. The molecule has 1 saturated heterocycles. The van der Waals surface area contributed by atoms with Crippen LogP contribution in [0, 0.1) is 11.8 Å². The summed E-state index contributed by atoms with van der Waals surface area (Å²) in [7, 11) is 0. The van der Waals surface area contributed by atoms with Crippen molar-refractivity contribution in [1.82, 2.24) is 15.0 Å². The summed E-state index contributed by atoms with van der Waals surface area (Å²) in [6.07, 6.45) is 5.09. The minimum Gasteiger partial charge on any atom is -0.389 e. The Morgan fingerprint density at radius 1 is 1.28 bits per heavy atom. The molecule has 4 N–H and O–H groups in total. The minimum atomic E-state index is -0.613.